The number of hydrogen-bond donors (Lipinski definition) is 2. The van der Waals surface area contributed by atoms with E-state index in [4.69, 9.17) is 16.5 Å². The molecule has 1 aromatic rings. The standard InChI is InChI=1S/C8H7BFNO3/c1-2-3-6-4-5-7(8(10)11-6)14-9(12)13/h1,4-5,12-13H,3H2. The van der Waals surface area contributed by atoms with Gasteiger partial charge in [0, 0.05) is 0 Å². The molecule has 2 N–H and O–H groups in total. The second-order valence-corrected chi connectivity index (χ2v) is 2.42. The van der Waals surface area contributed by atoms with Crippen molar-refractivity contribution in [1.29, 1.82) is 0 Å². The van der Waals surface area contributed by atoms with E-state index in [1.165, 1.54) is 12.1 Å². The van der Waals surface area contributed by atoms with E-state index in [0.717, 1.165) is 0 Å². The smallest absolute Gasteiger partial charge is 0.508 e. The molecule has 6 heteroatoms. The van der Waals surface area contributed by atoms with Crippen LogP contribution in [0.5, 0.6) is 5.75 Å². The predicted octanol–water partition coefficient (Wildman–Crippen LogP) is -0.255. The molecule has 0 aromatic carbocycles. The van der Waals surface area contributed by atoms with Crippen LogP contribution in [0.1, 0.15) is 5.69 Å². The van der Waals surface area contributed by atoms with Gasteiger partial charge in [-0.1, -0.05) is 0 Å². The lowest BCUT2D eigenvalue weighted by molar-refractivity contribution is 0.279. The second-order valence-electron chi connectivity index (χ2n) is 2.42. The van der Waals surface area contributed by atoms with Crippen LogP contribution in [0.3, 0.4) is 0 Å². The van der Waals surface area contributed by atoms with Crippen molar-refractivity contribution in [1.82, 2.24) is 4.98 Å². The first-order valence-corrected chi connectivity index (χ1v) is 3.75. The van der Waals surface area contributed by atoms with E-state index in [2.05, 4.69) is 15.6 Å². The van der Waals surface area contributed by atoms with Gasteiger partial charge in [0.1, 0.15) is 0 Å². The summed E-state index contributed by atoms with van der Waals surface area (Å²) in [7, 11) is -2.07. The third-order valence-corrected chi connectivity index (χ3v) is 1.39. The van der Waals surface area contributed by atoms with Crippen molar-refractivity contribution < 1.29 is 19.1 Å². The van der Waals surface area contributed by atoms with E-state index in [-0.39, 0.29) is 12.2 Å². The maximum atomic E-state index is 13.0. The molecule has 1 aromatic heterocycles. The third kappa shape index (κ3) is 2.73. The number of nitrogens with zero attached hydrogens (tertiary/aromatic N) is 1. The maximum Gasteiger partial charge on any atom is 0.707 e. The Morgan fingerprint density at radius 1 is 1.57 bits per heavy atom. The normalized spacial score (nSPS) is 9.29. The molecule has 1 rings (SSSR count). The lowest BCUT2D eigenvalue weighted by Crippen LogP contribution is -2.21. The zero-order valence-electron chi connectivity index (χ0n) is 7.14. The van der Waals surface area contributed by atoms with Gasteiger partial charge in [-0.2, -0.15) is 4.39 Å². The van der Waals surface area contributed by atoms with Crippen LogP contribution in [0.15, 0.2) is 12.1 Å². The highest BCUT2D eigenvalue weighted by atomic mass is 19.1. The molecule has 0 radical (unpaired) electrons. The fourth-order valence-corrected chi connectivity index (χ4v) is 0.864. The zero-order valence-corrected chi connectivity index (χ0v) is 7.14. The van der Waals surface area contributed by atoms with Crippen molar-refractivity contribution in [2.45, 2.75) is 6.42 Å². The van der Waals surface area contributed by atoms with Crippen LogP contribution in [0.25, 0.3) is 0 Å². The monoisotopic (exact) mass is 195 g/mol. The predicted molar refractivity (Wildman–Crippen MR) is 47.6 cm³/mol. The third-order valence-electron chi connectivity index (χ3n) is 1.39. The number of aromatic nitrogens is 1. The maximum absolute atomic E-state index is 13.0. The largest absolute Gasteiger partial charge is 0.707 e. The molecule has 1 heterocycles. The fourth-order valence-electron chi connectivity index (χ4n) is 0.864. The topological polar surface area (TPSA) is 62.6 Å². The second kappa shape index (κ2) is 4.60. The quantitative estimate of drug-likeness (QED) is 0.396. The van der Waals surface area contributed by atoms with Crippen molar-refractivity contribution in [2.75, 3.05) is 0 Å². The van der Waals surface area contributed by atoms with Gasteiger partial charge < -0.3 is 14.7 Å². The molecular weight excluding hydrogens is 188 g/mol. The number of pyridine rings is 1. The van der Waals surface area contributed by atoms with Gasteiger partial charge >= 0.3 is 7.32 Å². The lowest BCUT2D eigenvalue weighted by Gasteiger charge is -2.05. The van der Waals surface area contributed by atoms with Crippen LogP contribution in [-0.2, 0) is 6.42 Å². The minimum Gasteiger partial charge on any atom is -0.508 e. The summed E-state index contributed by atoms with van der Waals surface area (Å²) in [4.78, 5) is 3.46. The SMILES string of the molecule is C#CCc1ccc(OB(O)O)c(F)n1. The summed E-state index contributed by atoms with van der Waals surface area (Å²) in [6, 6.07) is 2.68. The molecule has 0 aliphatic carbocycles. The summed E-state index contributed by atoms with van der Waals surface area (Å²) >= 11 is 0. The molecule has 0 spiro atoms. The van der Waals surface area contributed by atoms with Crippen LogP contribution in [0.4, 0.5) is 4.39 Å². The number of halogens is 1. The summed E-state index contributed by atoms with van der Waals surface area (Å²) in [6.07, 6.45) is 5.21. The van der Waals surface area contributed by atoms with Crippen LogP contribution < -0.4 is 4.65 Å². The molecule has 72 valence electrons. The van der Waals surface area contributed by atoms with Gasteiger partial charge in [0.2, 0.25) is 0 Å². The Kier molecular flexibility index (Phi) is 3.45. The molecule has 0 amide bonds. The number of rotatable bonds is 3. The summed E-state index contributed by atoms with van der Waals surface area (Å²) in [5.74, 6) is 1.04. The van der Waals surface area contributed by atoms with E-state index in [0.29, 0.717) is 5.69 Å². The highest BCUT2D eigenvalue weighted by Crippen LogP contribution is 2.15. The van der Waals surface area contributed by atoms with Crippen molar-refractivity contribution in [3.8, 4) is 18.1 Å². The summed E-state index contributed by atoms with van der Waals surface area (Å²) in [6.45, 7) is 0. The minimum atomic E-state index is -2.07. The number of hydrogen-bond acceptors (Lipinski definition) is 4. The van der Waals surface area contributed by atoms with Crippen molar-refractivity contribution in [3.63, 3.8) is 0 Å². The van der Waals surface area contributed by atoms with Crippen molar-refractivity contribution >= 4 is 7.32 Å². The van der Waals surface area contributed by atoms with Crippen molar-refractivity contribution in [2.24, 2.45) is 0 Å². The highest BCUT2D eigenvalue weighted by molar-refractivity contribution is 6.33. The van der Waals surface area contributed by atoms with Crippen LogP contribution in [-0.4, -0.2) is 22.4 Å². The molecule has 0 saturated heterocycles. The molecule has 0 aliphatic rings. The lowest BCUT2D eigenvalue weighted by atomic mass is 10.2. The average molecular weight is 195 g/mol. The van der Waals surface area contributed by atoms with Gasteiger partial charge in [-0.15, -0.1) is 12.3 Å². The van der Waals surface area contributed by atoms with Crippen LogP contribution in [0.2, 0.25) is 0 Å². The van der Waals surface area contributed by atoms with Crippen LogP contribution in [0, 0.1) is 18.3 Å². The van der Waals surface area contributed by atoms with E-state index in [9.17, 15) is 4.39 Å². The van der Waals surface area contributed by atoms with Crippen LogP contribution >= 0.6 is 0 Å². The van der Waals surface area contributed by atoms with E-state index in [1.807, 2.05) is 0 Å². The minimum absolute atomic E-state index is 0.207. The van der Waals surface area contributed by atoms with Gasteiger partial charge in [0.25, 0.3) is 5.95 Å². The number of terminal acetylenes is 1. The average Bonchev–Trinajstić information content (AvgIpc) is 2.10. The molecule has 4 nitrogen and oxygen atoms in total. The Morgan fingerprint density at radius 3 is 2.79 bits per heavy atom. The highest BCUT2D eigenvalue weighted by Gasteiger charge is 2.15. The molecule has 0 fully saturated rings. The van der Waals surface area contributed by atoms with Crippen molar-refractivity contribution in [3.05, 3.63) is 23.8 Å². The van der Waals surface area contributed by atoms with E-state index >= 15 is 0 Å². The van der Waals surface area contributed by atoms with E-state index in [1.54, 1.807) is 0 Å². The molecule has 0 unspecified atom stereocenters. The Labute approximate surface area is 80.5 Å². The Morgan fingerprint density at radius 2 is 2.29 bits per heavy atom. The Hall–Kier alpha value is -1.58. The van der Waals surface area contributed by atoms with Gasteiger partial charge in [0.05, 0.1) is 12.1 Å². The summed E-state index contributed by atoms with van der Waals surface area (Å²) in [5, 5.41) is 16.8. The molecule has 0 atom stereocenters. The Balaban J connectivity index is 2.85. The molecule has 0 bridgehead atoms. The van der Waals surface area contributed by atoms with Gasteiger partial charge in [-0.05, 0) is 12.1 Å². The van der Waals surface area contributed by atoms with E-state index < -0.39 is 13.3 Å². The summed E-state index contributed by atoms with van der Waals surface area (Å²) < 4.78 is 17.3. The van der Waals surface area contributed by atoms with Gasteiger partial charge in [0.15, 0.2) is 5.75 Å². The summed E-state index contributed by atoms with van der Waals surface area (Å²) in [5.41, 5.74) is 0.379. The van der Waals surface area contributed by atoms with Gasteiger partial charge in [-0.25, -0.2) is 4.98 Å². The molecular formula is C8H7BFNO3. The molecule has 0 aliphatic heterocycles. The first-order valence-electron chi connectivity index (χ1n) is 3.75. The zero-order chi connectivity index (χ0) is 10.6. The fraction of sp³-hybridized carbons (Fsp3) is 0.125. The van der Waals surface area contributed by atoms with Gasteiger partial charge in [-0.3, -0.25) is 0 Å². The molecule has 0 saturated carbocycles. The first kappa shape index (κ1) is 10.5. The first-order chi connectivity index (χ1) is 6.63. The molecule has 14 heavy (non-hydrogen) atoms. The Bertz CT molecular complexity index is 364.